The molecule has 0 amide bonds. The Kier molecular flexibility index (Phi) is 4.93. The van der Waals surface area contributed by atoms with Gasteiger partial charge >= 0.3 is 0 Å². The molecule has 2 heterocycles. The molecule has 126 valence electrons. The Hall–Kier alpha value is -2.63. The van der Waals surface area contributed by atoms with Crippen LogP contribution in [0.5, 0.6) is 11.5 Å². The Morgan fingerprint density at radius 2 is 2.21 bits per heavy atom. The summed E-state index contributed by atoms with van der Waals surface area (Å²) in [7, 11) is 0. The lowest BCUT2D eigenvalue weighted by atomic mass is 10.1. The number of ether oxygens (including phenoxy) is 2. The third-order valence-electron chi connectivity index (χ3n) is 4.07. The summed E-state index contributed by atoms with van der Waals surface area (Å²) in [6.45, 7) is 2.84. The van der Waals surface area contributed by atoms with E-state index in [4.69, 9.17) is 9.47 Å². The molecule has 24 heavy (non-hydrogen) atoms. The molecule has 0 N–H and O–H groups in total. The quantitative estimate of drug-likeness (QED) is 0.432. The van der Waals surface area contributed by atoms with E-state index in [9.17, 15) is 10.1 Å². The lowest BCUT2D eigenvalue weighted by molar-refractivity contribution is -0.385. The molecule has 0 bridgehead atoms. The van der Waals surface area contributed by atoms with E-state index in [2.05, 4.69) is 11.9 Å². The first-order valence-electron chi connectivity index (χ1n) is 8.20. The van der Waals surface area contributed by atoms with Crippen LogP contribution in [0.1, 0.15) is 43.5 Å². The number of fused-ring (bicyclic) bond motifs is 1. The monoisotopic (exact) mass is 328 g/mol. The molecule has 0 fully saturated rings. The number of nitro groups is 1. The highest BCUT2D eigenvalue weighted by Gasteiger charge is 2.31. The van der Waals surface area contributed by atoms with Crippen LogP contribution in [-0.4, -0.2) is 16.5 Å². The zero-order chi connectivity index (χ0) is 16.9. The lowest BCUT2D eigenvalue weighted by Gasteiger charge is -2.11. The highest BCUT2D eigenvalue weighted by molar-refractivity contribution is 5.52. The molecule has 1 aromatic heterocycles. The van der Waals surface area contributed by atoms with Gasteiger partial charge in [0.25, 0.3) is 5.69 Å². The van der Waals surface area contributed by atoms with Crippen LogP contribution in [0.2, 0.25) is 0 Å². The number of benzene rings is 1. The van der Waals surface area contributed by atoms with Crippen molar-refractivity contribution in [3.8, 4) is 11.5 Å². The van der Waals surface area contributed by atoms with E-state index in [0.29, 0.717) is 24.3 Å². The minimum Gasteiger partial charge on any atom is -0.492 e. The third-order valence-corrected chi connectivity index (χ3v) is 4.07. The number of nitrogens with zero attached hydrogens (tertiary/aromatic N) is 2. The molecule has 3 rings (SSSR count). The van der Waals surface area contributed by atoms with Crippen LogP contribution in [0.25, 0.3) is 0 Å². The number of hydrogen-bond donors (Lipinski definition) is 0. The summed E-state index contributed by atoms with van der Waals surface area (Å²) >= 11 is 0. The zero-order valence-electron chi connectivity index (χ0n) is 13.6. The molecule has 1 aromatic carbocycles. The molecule has 0 aliphatic carbocycles. The van der Waals surface area contributed by atoms with Crippen LogP contribution in [0.3, 0.4) is 0 Å². The van der Waals surface area contributed by atoms with Crippen LogP contribution in [0.4, 0.5) is 5.69 Å². The van der Waals surface area contributed by atoms with Gasteiger partial charge in [0, 0.05) is 12.5 Å². The Labute approximate surface area is 140 Å². The van der Waals surface area contributed by atoms with Gasteiger partial charge in [0.05, 0.1) is 29.0 Å². The van der Waals surface area contributed by atoms with E-state index in [1.54, 1.807) is 18.3 Å². The van der Waals surface area contributed by atoms with Crippen molar-refractivity contribution < 1.29 is 14.4 Å². The van der Waals surface area contributed by atoms with E-state index in [0.717, 1.165) is 30.7 Å². The van der Waals surface area contributed by atoms with Gasteiger partial charge in [-0.25, -0.2) is 0 Å². The van der Waals surface area contributed by atoms with E-state index in [1.807, 2.05) is 12.1 Å². The summed E-state index contributed by atoms with van der Waals surface area (Å²) in [6, 6.07) is 8.63. The van der Waals surface area contributed by atoms with Gasteiger partial charge in [-0.2, -0.15) is 0 Å². The smallest absolute Gasteiger partial charge is 0.276 e. The van der Waals surface area contributed by atoms with E-state index >= 15 is 0 Å². The van der Waals surface area contributed by atoms with E-state index in [-0.39, 0.29) is 16.7 Å². The Balaban J connectivity index is 1.66. The molecule has 6 heteroatoms. The molecule has 6 nitrogen and oxygen atoms in total. The van der Waals surface area contributed by atoms with Crippen LogP contribution in [0.15, 0.2) is 36.5 Å². The first kappa shape index (κ1) is 16.2. The molecule has 1 atom stereocenters. The molecule has 1 aliphatic rings. The van der Waals surface area contributed by atoms with E-state index in [1.165, 1.54) is 6.07 Å². The van der Waals surface area contributed by atoms with Gasteiger partial charge in [0.2, 0.25) is 0 Å². The fourth-order valence-electron chi connectivity index (χ4n) is 2.80. The molecule has 1 aliphatic heterocycles. The van der Waals surface area contributed by atoms with Crippen LogP contribution >= 0.6 is 0 Å². The maximum atomic E-state index is 11.1. The summed E-state index contributed by atoms with van der Waals surface area (Å²) in [5.41, 5.74) is 1.49. The molecule has 1 unspecified atom stereocenters. The van der Waals surface area contributed by atoms with Gasteiger partial charge in [-0.3, -0.25) is 15.1 Å². The van der Waals surface area contributed by atoms with Gasteiger partial charge in [0.1, 0.15) is 17.6 Å². The van der Waals surface area contributed by atoms with Gasteiger partial charge in [0.15, 0.2) is 0 Å². The van der Waals surface area contributed by atoms with Crippen molar-refractivity contribution in [2.75, 3.05) is 6.61 Å². The Morgan fingerprint density at radius 3 is 2.92 bits per heavy atom. The average Bonchev–Trinajstić information content (AvgIpc) is 3.03. The number of aromatic nitrogens is 1. The van der Waals surface area contributed by atoms with Crippen molar-refractivity contribution in [1.82, 2.24) is 4.98 Å². The number of hydrogen-bond acceptors (Lipinski definition) is 5. The topological polar surface area (TPSA) is 74.5 Å². The predicted octanol–water partition coefficient (Wildman–Crippen LogP) is 4.24. The van der Waals surface area contributed by atoms with Gasteiger partial charge in [-0.1, -0.05) is 25.8 Å². The molecule has 0 saturated heterocycles. The SMILES string of the molecule is CCCCCOc1ccc(C2Cc3c(cccc3[N+](=O)[O-])O2)nc1. The summed E-state index contributed by atoms with van der Waals surface area (Å²) in [6.07, 6.45) is 5.18. The standard InChI is InChI=1S/C18H20N2O4/c1-2-3-4-10-23-13-8-9-15(19-12-13)18-11-14-16(20(21)22)6-5-7-17(14)24-18/h5-9,12,18H,2-4,10-11H2,1H3. The number of nitro benzene ring substituents is 1. The Morgan fingerprint density at radius 1 is 1.33 bits per heavy atom. The first-order valence-corrected chi connectivity index (χ1v) is 8.20. The number of unbranched alkanes of at least 4 members (excludes halogenated alkanes) is 2. The van der Waals surface area contributed by atoms with Crippen molar-refractivity contribution in [2.24, 2.45) is 0 Å². The van der Waals surface area contributed by atoms with Crippen molar-refractivity contribution in [3.63, 3.8) is 0 Å². The molecule has 2 aromatic rings. The summed E-state index contributed by atoms with van der Waals surface area (Å²) in [4.78, 5) is 15.1. The van der Waals surface area contributed by atoms with Crippen LogP contribution < -0.4 is 9.47 Å². The normalized spacial score (nSPS) is 15.6. The maximum Gasteiger partial charge on any atom is 0.276 e. The fraction of sp³-hybridized carbons (Fsp3) is 0.389. The number of pyridine rings is 1. The van der Waals surface area contributed by atoms with Gasteiger partial charge in [-0.05, 0) is 24.6 Å². The molecular formula is C18H20N2O4. The van der Waals surface area contributed by atoms with Crippen molar-refractivity contribution in [1.29, 1.82) is 0 Å². The maximum absolute atomic E-state index is 11.1. The zero-order valence-corrected chi connectivity index (χ0v) is 13.6. The fourth-order valence-corrected chi connectivity index (χ4v) is 2.80. The average molecular weight is 328 g/mol. The second kappa shape index (κ2) is 7.29. The molecule has 0 spiro atoms. The van der Waals surface area contributed by atoms with Crippen molar-refractivity contribution >= 4 is 5.69 Å². The highest BCUT2D eigenvalue weighted by atomic mass is 16.6. The second-order valence-corrected chi connectivity index (χ2v) is 5.80. The van der Waals surface area contributed by atoms with Crippen molar-refractivity contribution in [3.05, 3.63) is 57.9 Å². The minimum atomic E-state index is -0.370. The summed E-state index contributed by atoms with van der Waals surface area (Å²) in [5, 5.41) is 11.1. The van der Waals surface area contributed by atoms with Gasteiger partial charge < -0.3 is 9.47 Å². The molecule has 0 saturated carbocycles. The first-order chi connectivity index (χ1) is 11.7. The van der Waals surface area contributed by atoms with Gasteiger partial charge in [-0.15, -0.1) is 0 Å². The lowest BCUT2D eigenvalue weighted by Crippen LogP contribution is -2.06. The predicted molar refractivity (Wildman–Crippen MR) is 89.4 cm³/mol. The largest absolute Gasteiger partial charge is 0.492 e. The van der Waals surface area contributed by atoms with Crippen LogP contribution in [-0.2, 0) is 6.42 Å². The number of rotatable bonds is 7. The molecular weight excluding hydrogens is 308 g/mol. The second-order valence-electron chi connectivity index (χ2n) is 5.80. The minimum absolute atomic E-state index is 0.103. The van der Waals surface area contributed by atoms with Crippen molar-refractivity contribution in [2.45, 2.75) is 38.7 Å². The summed E-state index contributed by atoms with van der Waals surface area (Å²) < 4.78 is 11.5. The summed E-state index contributed by atoms with van der Waals surface area (Å²) in [5.74, 6) is 1.30. The van der Waals surface area contributed by atoms with Crippen LogP contribution in [0, 0.1) is 10.1 Å². The molecule has 0 radical (unpaired) electrons. The third kappa shape index (κ3) is 3.48. The van der Waals surface area contributed by atoms with E-state index < -0.39 is 0 Å². The Bertz CT molecular complexity index is 715. The highest BCUT2D eigenvalue weighted by Crippen LogP contribution is 2.40.